The van der Waals surface area contributed by atoms with Crippen LogP contribution in [0.15, 0.2) is 0 Å². The van der Waals surface area contributed by atoms with E-state index in [2.05, 4.69) is 55.4 Å². The van der Waals surface area contributed by atoms with Gasteiger partial charge in [0.1, 0.15) is 6.79 Å². The molecule has 0 fully saturated rings. The summed E-state index contributed by atoms with van der Waals surface area (Å²) in [5.74, 6) is 2.60. The highest BCUT2D eigenvalue weighted by molar-refractivity contribution is 4.49. The summed E-state index contributed by atoms with van der Waals surface area (Å²) < 4.78 is 15.7. The molecule has 0 amide bonds. The van der Waals surface area contributed by atoms with Gasteiger partial charge in [0.15, 0.2) is 0 Å². The molecule has 0 N–H and O–H groups in total. The summed E-state index contributed by atoms with van der Waals surface area (Å²) in [6.45, 7) is 27.1. The van der Waals surface area contributed by atoms with Crippen molar-refractivity contribution in [3.05, 3.63) is 0 Å². The van der Waals surface area contributed by atoms with Gasteiger partial charge in [-0.25, -0.2) is 0 Å². The minimum absolute atomic E-state index is 0.267. The van der Waals surface area contributed by atoms with Crippen molar-refractivity contribution in [2.75, 3.05) is 13.4 Å². The van der Waals surface area contributed by atoms with Gasteiger partial charge in [0.05, 0.1) is 18.3 Å². The van der Waals surface area contributed by atoms with E-state index in [0.717, 1.165) is 24.4 Å². The highest BCUT2D eigenvalue weighted by atomic mass is 16.7. The third-order valence-corrected chi connectivity index (χ3v) is 3.74. The van der Waals surface area contributed by atoms with Crippen molar-refractivity contribution in [1.82, 2.24) is 0 Å². The lowest BCUT2D eigenvalue weighted by Gasteiger charge is -2.09. The molecule has 0 heterocycles. The summed E-state index contributed by atoms with van der Waals surface area (Å²) in [6.07, 6.45) is 7.63. The Morgan fingerprint density at radius 2 is 0.750 bits per heavy atom. The predicted molar refractivity (Wildman–Crippen MR) is 126 cm³/mol. The fraction of sp³-hybridized carbons (Fsp3) is 1.00. The Balaban J connectivity index is -0.000000336. The number of rotatable bonds is 13. The van der Waals surface area contributed by atoms with Crippen LogP contribution in [0.25, 0.3) is 0 Å². The summed E-state index contributed by atoms with van der Waals surface area (Å²) in [5.41, 5.74) is 0. The van der Waals surface area contributed by atoms with Gasteiger partial charge in [0.25, 0.3) is 0 Å². The molecule has 3 nitrogen and oxygen atoms in total. The molecule has 0 aliphatic carbocycles. The quantitative estimate of drug-likeness (QED) is 0.229. The monoisotopic (exact) mass is 404 g/mol. The first-order valence-corrected chi connectivity index (χ1v) is 11.7. The largest absolute Gasteiger partial charge is 0.379 e. The van der Waals surface area contributed by atoms with E-state index < -0.39 is 0 Å². The first-order chi connectivity index (χ1) is 12.9. The van der Waals surface area contributed by atoms with E-state index in [1.807, 2.05) is 27.7 Å². The minimum atomic E-state index is 0.267. The van der Waals surface area contributed by atoms with Crippen LogP contribution in [0.5, 0.6) is 0 Å². The van der Waals surface area contributed by atoms with Gasteiger partial charge in [-0.2, -0.15) is 0 Å². The van der Waals surface area contributed by atoms with E-state index in [4.69, 9.17) is 14.2 Å². The fourth-order valence-electron chi connectivity index (χ4n) is 2.06. The van der Waals surface area contributed by atoms with Gasteiger partial charge in [0.2, 0.25) is 0 Å². The lowest BCUT2D eigenvalue weighted by molar-refractivity contribution is -0.0994. The maximum Gasteiger partial charge on any atom is 0.147 e. The van der Waals surface area contributed by atoms with Crippen LogP contribution >= 0.6 is 0 Å². The van der Waals surface area contributed by atoms with Crippen molar-refractivity contribution in [1.29, 1.82) is 0 Å². The van der Waals surface area contributed by atoms with Crippen molar-refractivity contribution >= 4 is 0 Å². The Morgan fingerprint density at radius 3 is 1.04 bits per heavy atom. The zero-order chi connectivity index (χ0) is 22.5. The summed E-state index contributed by atoms with van der Waals surface area (Å²) in [4.78, 5) is 0. The predicted octanol–water partition coefficient (Wildman–Crippen LogP) is 8.11. The zero-order valence-corrected chi connectivity index (χ0v) is 21.6. The molecule has 0 aromatic carbocycles. The Kier molecular flexibility index (Phi) is 26.9. The van der Waals surface area contributed by atoms with Crippen LogP contribution < -0.4 is 0 Å². The smallest absolute Gasteiger partial charge is 0.147 e. The molecular weight excluding hydrogens is 348 g/mol. The molecule has 0 saturated carbocycles. The van der Waals surface area contributed by atoms with Gasteiger partial charge in [-0.15, -0.1) is 0 Å². The van der Waals surface area contributed by atoms with E-state index >= 15 is 0 Å². The van der Waals surface area contributed by atoms with Crippen molar-refractivity contribution in [2.45, 2.75) is 134 Å². The van der Waals surface area contributed by atoms with E-state index in [-0.39, 0.29) is 12.2 Å². The molecule has 0 bridgehead atoms. The second kappa shape index (κ2) is 23.2. The average Bonchev–Trinajstić information content (AvgIpc) is 2.51. The van der Waals surface area contributed by atoms with Crippen LogP contribution in [-0.4, -0.2) is 31.7 Å². The molecule has 0 saturated heterocycles. The van der Waals surface area contributed by atoms with Gasteiger partial charge in [-0.1, -0.05) is 60.8 Å². The lowest BCUT2D eigenvalue weighted by atomic mass is 10.0. The lowest BCUT2D eigenvalue weighted by Crippen LogP contribution is -2.11. The second-order valence-electron chi connectivity index (χ2n) is 9.72. The van der Waals surface area contributed by atoms with Gasteiger partial charge < -0.3 is 14.2 Å². The summed E-state index contributed by atoms with van der Waals surface area (Å²) in [5, 5.41) is 0. The highest BCUT2D eigenvalue weighted by Crippen LogP contribution is 2.10. The van der Waals surface area contributed by atoms with E-state index in [9.17, 15) is 0 Å². The first kappa shape index (κ1) is 32.5. The molecule has 28 heavy (non-hydrogen) atoms. The molecule has 174 valence electrons. The van der Waals surface area contributed by atoms with Crippen molar-refractivity contribution in [3.63, 3.8) is 0 Å². The zero-order valence-electron chi connectivity index (χ0n) is 21.6. The molecule has 0 rings (SSSR count). The summed E-state index contributed by atoms with van der Waals surface area (Å²) >= 11 is 0. The molecule has 0 aliphatic heterocycles. The normalized spacial score (nSPS) is 11.4. The molecule has 0 aromatic heterocycles. The van der Waals surface area contributed by atoms with Crippen LogP contribution in [0, 0.1) is 17.8 Å². The maximum atomic E-state index is 5.39. The van der Waals surface area contributed by atoms with Crippen LogP contribution in [0.4, 0.5) is 0 Å². The Bertz CT molecular complexity index is 227. The Morgan fingerprint density at radius 1 is 0.429 bits per heavy atom. The summed E-state index contributed by atoms with van der Waals surface area (Å²) in [6, 6.07) is 0. The first-order valence-electron chi connectivity index (χ1n) is 11.7. The van der Waals surface area contributed by atoms with Gasteiger partial charge in [-0.3, -0.25) is 0 Å². The van der Waals surface area contributed by atoms with E-state index in [1.54, 1.807) is 0 Å². The third kappa shape index (κ3) is 44.9. The van der Waals surface area contributed by atoms with Crippen LogP contribution in [0.3, 0.4) is 0 Å². The number of hydrogen-bond acceptors (Lipinski definition) is 3. The topological polar surface area (TPSA) is 27.7 Å². The minimum Gasteiger partial charge on any atom is -0.379 e. The third-order valence-electron chi connectivity index (χ3n) is 3.74. The maximum absolute atomic E-state index is 5.39. The molecule has 0 spiro atoms. The standard InChI is InChI=1S/C9H20O.C9H20.C7H16O2/c1-8(2)6-5-7-10-9(3)4;1-8(2)6-5-7-9(3)4;1-6(2)8-5-9-7(3)4/h8-9H,5-7H2,1-4H3;8-9H,5-7H2,1-4H3;6-7H,5H2,1-4H3. The molecule has 0 radical (unpaired) electrons. The fourth-order valence-corrected chi connectivity index (χ4v) is 2.06. The molecule has 0 aromatic rings. The molecule has 0 unspecified atom stereocenters. The summed E-state index contributed by atoms with van der Waals surface area (Å²) in [7, 11) is 0. The van der Waals surface area contributed by atoms with Gasteiger partial charge >= 0.3 is 0 Å². The van der Waals surface area contributed by atoms with E-state index in [0.29, 0.717) is 12.9 Å². The Hall–Kier alpha value is -0.120. The van der Waals surface area contributed by atoms with Crippen molar-refractivity contribution < 1.29 is 14.2 Å². The molecule has 0 atom stereocenters. The van der Waals surface area contributed by atoms with E-state index in [1.165, 1.54) is 32.1 Å². The Labute approximate surface area is 179 Å². The average molecular weight is 405 g/mol. The number of hydrogen-bond donors (Lipinski definition) is 0. The second-order valence-corrected chi connectivity index (χ2v) is 9.72. The van der Waals surface area contributed by atoms with Crippen LogP contribution in [0.1, 0.15) is 115 Å². The SMILES string of the molecule is CC(C)CCCC(C)C.CC(C)CCCOC(C)C.CC(C)OCOC(C)C. The molecule has 0 aliphatic rings. The van der Waals surface area contributed by atoms with Crippen LogP contribution in [0.2, 0.25) is 0 Å². The van der Waals surface area contributed by atoms with Crippen molar-refractivity contribution in [3.8, 4) is 0 Å². The highest BCUT2D eigenvalue weighted by Gasteiger charge is 1.96. The molecular formula is C25H56O3. The van der Waals surface area contributed by atoms with Gasteiger partial charge in [0, 0.05) is 6.61 Å². The molecule has 3 heteroatoms. The number of ether oxygens (including phenoxy) is 3. The van der Waals surface area contributed by atoms with Crippen molar-refractivity contribution in [2.24, 2.45) is 17.8 Å². The van der Waals surface area contributed by atoms with Gasteiger partial charge in [-0.05, 0) is 72.1 Å². The van der Waals surface area contributed by atoms with Crippen LogP contribution in [-0.2, 0) is 14.2 Å².